The van der Waals surface area contributed by atoms with Crippen molar-refractivity contribution in [3.05, 3.63) is 35.4 Å². The fraction of sp³-hybridized carbons (Fsp3) is 0.562. The van der Waals surface area contributed by atoms with Gasteiger partial charge in [0.1, 0.15) is 0 Å². The summed E-state index contributed by atoms with van der Waals surface area (Å²) >= 11 is 0. The van der Waals surface area contributed by atoms with Crippen molar-refractivity contribution in [1.29, 1.82) is 0 Å². The number of ether oxygens (including phenoxy) is 2. The molecular formula is C16H27NO3. The van der Waals surface area contributed by atoms with Gasteiger partial charge in [-0.05, 0) is 39.3 Å². The van der Waals surface area contributed by atoms with E-state index in [1.54, 1.807) is 0 Å². The van der Waals surface area contributed by atoms with E-state index >= 15 is 0 Å². The van der Waals surface area contributed by atoms with Crippen molar-refractivity contribution in [2.75, 3.05) is 26.4 Å². The molecule has 0 unspecified atom stereocenters. The first-order chi connectivity index (χ1) is 9.71. The fourth-order valence-corrected chi connectivity index (χ4v) is 1.57. The molecule has 0 aliphatic carbocycles. The summed E-state index contributed by atoms with van der Waals surface area (Å²) in [6.45, 7) is 12.0. The van der Waals surface area contributed by atoms with E-state index in [4.69, 9.17) is 9.47 Å². The third-order valence-corrected chi connectivity index (χ3v) is 2.52. The number of benzene rings is 1. The zero-order chi connectivity index (χ0) is 15.2. The van der Waals surface area contributed by atoms with Crippen LogP contribution >= 0.6 is 0 Å². The molecule has 1 N–H and O–H groups in total. The second-order valence-corrected chi connectivity index (χ2v) is 3.90. The molecule has 1 heterocycles. The van der Waals surface area contributed by atoms with Gasteiger partial charge in [0, 0.05) is 38.5 Å². The molecule has 1 aromatic carbocycles. The molecule has 2 rings (SSSR count). The van der Waals surface area contributed by atoms with Crippen LogP contribution < -0.4 is 5.32 Å². The lowest BCUT2D eigenvalue weighted by atomic mass is 10.1. The molecule has 4 heteroatoms. The molecule has 20 heavy (non-hydrogen) atoms. The average Bonchev–Trinajstić information content (AvgIpc) is 2.84. The number of rotatable bonds is 4. The monoisotopic (exact) mass is 281 g/mol. The van der Waals surface area contributed by atoms with Gasteiger partial charge in [-0.15, -0.1) is 0 Å². The van der Waals surface area contributed by atoms with E-state index in [1.165, 1.54) is 0 Å². The van der Waals surface area contributed by atoms with Crippen LogP contribution in [0.2, 0.25) is 0 Å². The molecule has 0 fully saturated rings. The smallest absolute Gasteiger partial charge is 0.251 e. The lowest BCUT2D eigenvalue weighted by molar-refractivity contribution is 0.0965. The van der Waals surface area contributed by atoms with Gasteiger partial charge in [0.25, 0.3) is 5.91 Å². The first kappa shape index (κ1) is 18.6. The molecule has 0 bridgehead atoms. The van der Waals surface area contributed by atoms with Gasteiger partial charge in [-0.2, -0.15) is 0 Å². The molecule has 0 atom stereocenters. The Kier molecular flexibility index (Phi) is 11.8. The molecular weight excluding hydrogens is 254 g/mol. The van der Waals surface area contributed by atoms with Crippen LogP contribution in [0, 0.1) is 0 Å². The van der Waals surface area contributed by atoms with Crippen molar-refractivity contribution in [3.8, 4) is 0 Å². The fourth-order valence-electron chi connectivity index (χ4n) is 1.57. The summed E-state index contributed by atoms with van der Waals surface area (Å²) in [4.78, 5) is 11.0. The Morgan fingerprint density at radius 3 is 1.85 bits per heavy atom. The summed E-state index contributed by atoms with van der Waals surface area (Å²) < 4.78 is 9.67. The number of hydrogen-bond donors (Lipinski definition) is 1. The van der Waals surface area contributed by atoms with Gasteiger partial charge in [0.05, 0.1) is 0 Å². The van der Waals surface area contributed by atoms with Crippen LogP contribution in [0.3, 0.4) is 0 Å². The van der Waals surface area contributed by atoms with Crippen LogP contribution in [0.15, 0.2) is 24.3 Å². The molecule has 1 aromatic rings. The second-order valence-electron chi connectivity index (χ2n) is 3.90. The Morgan fingerprint density at radius 2 is 1.45 bits per heavy atom. The number of hydrogen-bond acceptors (Lipinski definition) is 3. The topological polar surface area (TPSA) is 47.6 Å². The van der Waals surface area contributed by atoms with E-state index in [1.807, 2.05) is 52.0 Å². The Bertz CT molecular complexity index is 356. The highest BCUT2D eigenvalue weighted by Gasteiger charge is 2.16. The van der Waals surface area contributed by atoms with Crippen molar-refractivity contribution in [2.24, 2.45) is 0 Å². The molecule has 1 aliphatic rings. The van der Waals surface area contributed by atoms with Gasteiger partial charge in [-0.3, -0.25) is 4.79 Å². The van der Waals surface area contributed by atoms with Gasteiger partial charge in [0.2, 0.25) is 0 Å². The number of carbonyl (C=O) groups excluding carboxylic acids is 1. The van der Waals surface area contributed by atoms with Crippen molar-refractivity contribution in [3.63, 3.8) is 0 Å². The van der Waals surface area contributed by atoms with Gasteiger partial charge >= 0.3 is 0 Å². The summed E-state index contributed by atoms with van der Waals surface area (Å²) in [5.74, 6) is 0.0515. The van der Waals surface area contributed by atoms with E-state index in [-0.39, 0.29) is 5.91 Å². The minimum Gasteiger partial charge on any atom is -0.382 e. The molecule has 0 spiro atoms. The Labute approximate surface area is 122 Å². The molecule has 1 amide bonds. The molecule has 1 aliphatic heterocycles. The van der Waals surface area contributed by atoms with Crippen LogP contribution in [0.5, 0.6) is 0 Å². The first-order valence-corrected chi connectivity index (χ1v) is 7.22. The minimum atomic E-state index is 0.0515. The van der Waals surface area contributed by atoms with Crippen LogP contribution in [-0.4, -0.2) is 32.3 Å². The van der Waals surface area contributed by atoms with E-state index in [0.717, 1.165) is 37.6 Å². The number of amides is 1. The van der Waals surface area contributed by atoms with Crippen LogP contribution in [0.4, 0.5) is 0 Å². The first-order valence-electron chi connectivity index (χ1n) is 7.22. The van der Waals surface area contributed by atoms with Gasteiger partial charge in [0.15, 0.2) is 0 Å². The van der Waals surface area contributed by atoms with Crippen molar-refractivity contribution in [1.82, 2.24) is 5.32 Å². The standard InChI is InChI=1S/C8H7NO.2C4H10O/c10-8-7-4-2-1-3-6(7)5-9-8;2*1-3-5-4-2/h1-4H,5H2,(H,9,10);2*3-4H2,1-2H3. The van der Waals surface area contributed by atoms with Crippen LogP contribution in [-0.2, 0) is 16.0 Å². The summed E-state index contributed by atoms with van der Waals surface area (Å²) in [5, 5.41) is 2.75. The highest BCUT2D eigenvalue weighted by atomic mass is 16.5. The van der Waals surface area contributed by atoms with Gasteiger partial charge < -0.3 is 14.8 Å². The number of carbonyl (C=O) groups is 1. The van der Waals surface area contributed by atoms with Crippen LogP contribution in [0.1, 0.15) is 43.6 Å². The lowest BCUT2D eigenvalue weighted by Crippen LogP contribution is -2.12. The lowest BCUT2D eigenvalue weighted by Gasteiger charge is -1.89. The highest BCUT2D eigenvalue weighted by Crippen LogP contribution is 2.13. The predicted molar refractivity (Wildman–Crippen MR) is 81.9 cm³/mol. The molecule has 114 valence electrons. The Morgan fingerprint density at radius 1 is 0.950 bits per heavy atom. The highest BCUT2D eigenvalue weighted by molar-refractivity contribution is 5.98. The maximum absolute atomic E-state index is 11.0. The van der Waals surface area contributed by atoms with E-state index in [2.05, 4.69) is 5.32 Å². The predicted octanol–water partition coefficient (Wildman–Crippen LogP) is 3.02. The van der Waals surface area contributed by atoms with E-state index in [9.17, 15) is 4.79 Å². The summed E-state index contributed by atoms with van der Waals surface area (Å²) in [7, 11) is 0. The largest absolute Gasteiger partial charge is 0.382 e. The van der Waals surface area contributed by atoms with Crippen molar-refractivity contribution >= 4 is 5.91 Å². The normalized spacial score (nSPS) is 11.5. The van der Waals surface area contributed by atoms with Crippen molar-refractivity contribution < 1.29 is 14.3 Å². The Hall–Kier alpha value is -1.39. The second kappa shape index (κ2) is 12.6. The summed E-state index contributed by atoms with van der Waals surface area (Å²) in [5.41, 5.74) is 1.93. The maximum atomic E-state index is 11.0. The minimum absolute atomic E-state index is 0.0515. The molecule has 0 saturated heterocycles. The Balaban J connectivity index is 0.000000310. The third kappa shape index (κ3) is 7.92. The van der Waals surface area contributed by atoms with E-state index in [0.29, 0.717) is 6.54 Å². The van der Waals surface area contributed by atoms with E-state index < -0.39 is 0 Å². The molecule has 0 aromatic heterocycles. The number of nitrogens with one attached hydrogen (secondary N) is 1. The van der Waals surface area contributed by atoms with Crippen LogP contribution in [0.25, 0.3) is 0 Å². The molecule has 0 saturated carbocycles. The summed E-state index contributed by atoms with van der Waals surface area (Å²) in [6.07, 6.45) is 0. The average molecular weight is 281 g/mol. The van der Waals surface area contributed by atoms with Gasteiger partial charge in [-0.25, -0.2) is 0 Å². The van der Waals surface area contributed by atoms with Gasteiger partial charge in [-0.1, -0.05) is 18.2 Å². The summed E-state index contributed by atoms with van der Waals surface area (Å²) in [6, 6.07) is 7.63. The number of fused-ring (bicyclic) bond motifs is 1. The molecule has 0 radical (unpaired) electrons. The zero-order valence-electron chi connectivity index (χ0n) is 13.1. The molecule has 4 nitrogen and oxygen atoms in total. The zero-order valence-corrected chi connectivity index (χ0v) is 13.1. The quantitative estimate of drug-likeness (QED) is 0.923. The SMILES string of the molecule is CCOCC.CCOCC.O=C1NCc2ccccc21. The third-order valence-electron chi connectivity index (χ3n) is 2.52. The maximum Gasteiger partial charge on any atom is 0.251 e. The van der Waals surface area contributed by atoms with Crippen molar-refractivity contribution in [2.45, 2.75) is 34.2 Å².